The largest absolute Gasteiger partial charge is 0.326 e. The van der Waals surface area contributed by atoms with Crippen LogP contribution in [0.25, 0.3) is 0 Å². The highest BCUT2D eigenvalue weighted by molar-refractivity contribution is 6.08. The summed E-state index contributed by atoms with van der Waals surface area (Å²) in [4.78, 5) is 23.8. The van der Waals surface area contributed by atoms with Crippen molar-refractivity contribution in [1.29, 1.82) is 0 Å². The number of carbonyl (C=O) groups is 2. The molecule has 0 aliphatic rings. The van der Waals surface area contributed by atoms with Gasteiger partial charge in [-0.1, -0.05) is 23.8 Å². The number of aryl methyl sites for hydroxylation is 3. The topological polar surface area (TPSA) is 58.2 Å². The number of anilines is 2. The molecule has 2 aromatic rings. The average molecular weight is 296 g/mol. The molecule has 0 aliphatic carbocycles. The van der Waals surface area contributed by atoms with Gasteiger partial charge in [0.1, 0.15) is 6.42 Å². The molecule has 2 amide bonds. The predicted molar refractivity (Wildman–Crippen MR) is 89.0 cm³/mol. The van der Waals surface area contributed by atoms with Gasteiger partial charge < -0.3 is 10.6 Å². The van der Waals surface area contributed by atoms with Gasteiger partial charge in [0.15, 0.2) is 0 Å². The second kappa shape index (κ2) is 6.89. The van der Waals surface area contributed by atoms with Crippen LogP contribution in [0.1, 0.15) is 23.1 Å². The third-order valence-corrected chi connectivity index (χ3v) is 3.16. The monoisotopic (exact) mass is 296 g/mol. The van der Waals surface area contributed by atoms with E-state index in [1.54, 1.807) is 0 Å². The Labute approximate surface area is 130 Å². The Bertz CT molecular complexity index is 670. The average Bonchev–Trinajstić information content (AvgIpc) is 2.39. The molecule has 0 bridgehead atoms. The first-order valence-electron chi connectivity index (χ1n) is 7.17. The van der Waals surface area contributed by atoms with E-state index in [9.17, 15) is 9.59 Å². The maximum Gasteiger partial charge on any atom is 0.233 e. The zero-order chi connectivity index (χ0) is 16.1. The standard InChI is InChI=1S/C18H20N2O2/c1-12-4-6-15(7-5-12)19-17(21)11-18(22)20-16-9-13(2)8-14(3)10-16/h4-10H,11H2,1-3H3,(H,19,21)(H,20,22). The summed E-state index contributed by atoms with van der Waals surface area (Å²) >= 11 is 0. The lowest BCUT2D eigenvalue weighted by Gasteiger charge is -2.08. The molecule has 4 nitrogen and oxygen atoms in total. The Balaban J connectivity index is 1.91. The van der Waals surface area contributed by atoms with Crippen LogP contribution in [0.15, 0.2) is 42.5 Å². The summed E-state index contributed by atoms with van der Waals surface area (Å²) in [5.74, 6) is -0.652. The molecule has 0 radical (unpaired) electrons. The number of rotatable bonds is 4. The lowest BCUT2D eigenvalue weighted by Crippen LogP contribution is -2.21. The molecule has 0 atom stereocenters. The molecule has 2 rings (SSSR count). The van der Waals surface area contributed by atoms with E-state index in [-0.39, 0.29) is 18.2 Å². The van der Waals surface area contributed by atoms with Crippen LogP contribution < -0.4 is 10.6 Å². The summed E-state index contributed by atoms with van der Waals surface area (Å²) < 4.78 is 0. The molecule has 0 heterocycles. The quantitative estimate of drug-likeness (QED) is 0.847. The third-order valence-electron chi connectivity index (χ3n) is 3.16. The third kappa shape index (κ3) is 4.74. The van der Waals surface area contributed by atoms with Gasteiger partial charge >= 0.3 is 0 Å². The second-order valence-corrected chi connectivity index (χ2v) is 5.52. The highest BCUT2D eigenvalue weighted by atomic mass is 16.2. The number of hydrogen-bond donors (Lipinski definition) is 2. The lowest BCUT2D eigenvalue weighted by molar-refractivity contribution is -0.123. The first-order valence-corrected chi connectivity index (χ1v) is 7.17. The van der Waals surface area contributed by atoms with E-state index < -0.39 is 0 Å². The summed E-state index contributed by atoms with van der Waals surface area (Å²) in [6.07, 6.45) is -0.207. The molecule has 2 aromatic carbocycles. The van der Waals surface area contributed by atoms with Crippen molar-refractivity contribution in [1.82, 2.24) is 0 Å². The Morgan fingerprint density at radius 2 is 1.23 bits per heavy atom. The van der Waals surface area contributed by atoms with Crippen molar-refractivity contribution >= 4 is 23.2 Å². The summed E-state index contributed by atoms with van der Waals surface area (Å²) in [6.45, 7) is 5.91. The van der Waals surface area contributed by atoms with Crippen LogP contribution in [0, 0.1) is 20.8 Å². The fourth-order valence-corrected chi connectivity index (χ4v) is 2.24. The number of nitrogens with one attached hydrogen (secondary N) is 2. The Morgan fingerprint density at radius 1 is 0.727 bits per heavy atom. The van der Waals surface area contributed by atoms with Gasteiger partial charge in [-0.05, 0) is 56.2 Å². The van der Waals surface area contributed by atoms with E-state index in [1.165, 1.54) is 0 Å². The van der Waals surface area contributed by atoms with Gasteiger partial charge in [-0.2, -0.15) is 0 Å². The predicted octanol–water partition coefficient (Wildman–Crippen LogP) is 3.58. The Hall–Kier alpha value is -2.62. The molecule has 0 unspecified atom stereocenters. The molecule has 22 heavy (non-hydrogen) atoms. The summed E-state index contributed by atoms with van der Waals surface area (Å²) in [7, 11) is 0. The van der Waals surface area contributed by atoms with Gasteiger partial charge in [-0.3, -0.25) is 9.59 Å². The van der Waals surface area contributed by atoms with Gasteiger partial charge in [0.2, 0.25) is 11.8 Å². The van der Waals surface area contributed by atoms with Gasteiger partial charge in [0.25, 0.3) is 0 Å². The maximum atomic E-state index is 11.9. The van der Waals surface area contributed by atoms with Crippen LogP contribution in [0.4, 0.5) is 11.4 Å². The second-order valence-electron chi connectivity index (χ2n) is 5.52. The molecule has 0 aliphatic heterocycles. The molecule has 114 valence electrons. The fourth-order valence-electron chi connectivity index (χ4n) is 2.24. The molecule has 0 fully saturated rings. The first-order chi connectivity index (χ1) is 10.4. The molecular weight excluding hydrogens is 276 g/mol. The first kappa shape index (κ1) is 15.8. The fraction of sp³-hybridized carbons (Fsp3) is 0.222. The van der Waals surface area contributed by atoms with E-state index in [0.29, 0.717) is 11.4 Å². The van der Waals surface area contributed by atoms with E-state index in [4.69, 9.17) is 0 Å². The zero-order valence-electron chi connectivity index (χ0n) is 13.1. The van der Waals surface area contributed by atoms with Crippen molar-refractivity contribution in [2.75, 3.05) is 10.6 Å². The van der Waals surface area contributed by atoms with Crippen LogP contribution in [-0.4, -0.2) is 11.8 Å². The minimum Gasteiger partial charge on any atom is -0.326 e. The van der Waals surface area contributed by atoms with Gasteiger partial charge in [0.05, 0.1) is 0 Å². The molecule has 0 aromatic heterocycles. The SMILES string of the molecule is Cc1ccc(NC(=O)CC(=O)Nc2cc(C)cc(C)c2)cc1. The van der Waals surface area contributed by atoms with Gasteiger partial charge in [-0.15, -0.1) is 0 Å². The van der Waals surface area contributed by atoms with E-state index in [2.05, 4.69) is 10.6 Å². The van der Waals surface area contributed by atoms with E-state index in [0.717, 1.165) is 16.7 Å². The summed E-state index contributed by atoms with van der Waals surface area (Å²) in [6, 6.07) is 13.2. The van der Waals surface area contributed by atoms with Crippen molar-refractivity contribution < 1.29 is 9.59 Å². The van der Waals surface area contributed by atoms with Crippen molar-refractivity contribution in [3.05, 3.63) is 59.2 Å². The number of carbonyl (C=O) groups excluding carboxylic acids is 2. The molecule has 0 saturated heterocycles. The van der Waals surface area contributed by atoms with Gasteiger partial charge in [-0.25, -0.2) is 0 Å². The van der Waals surface area contributed by atoms with Crippen LogP contribution in [-0.2, 0) is 9.59 Å². The van der Waals surface area contributed by atoms with E-state index in [1.807, 2.05) is 63.2 Å². The molecular formula is C18H20N2O2. The molecule has 0 spiro atoms. The summed E-state index contributed by atoms with van der Waals surface area (Å²) in [5.41, 5.74) is 4.66. The van der Waals surface area contributed by atoms with Gasteiger partial charge in [0, 0.05) is 11.4 Å². The lowest BCUT2D eigenvalue weighted by atomic mass is 10.1. The number of benzene rings is 2. The number of hydrogen-bond acceptors (Lipinski definition) is 2. The molecule has 2 N–H and O–H groups in total. The minimum absolute atomic E-state index is 0.207. The summed E-state index contributed by atoms with van der Waals surface area (Å²) in [5, 5.41) is 5.46. The van der Waals surface area contributed by atoms with Crippen LogP contribution in [0.3, 0.4) is 0 Å². The highest BCUT2D eigenvalue weighted by Crippen LogP contribution is 2.14. The van der Waals surface area contributed by atoms with Crippen LogP contribution in [0.5, 0.6) is 0 Å². The highest BCUT2D eigenvalue weighted by Gasteiger charge is 2.10. The molecule has 0 saturated carbocycles. The van der Waals surface area contributed by atoms with Crippen LogP contribution in [0.2, 0.25) is 0 Å². The van der Waals surface area contributed by atoms with Crippen molar-refractivity contribution in [2.24, 2.45) is 0 Å². The van der Waals surface area contributed by atoms with E-state index >= 15 is 0 Å². The zero-order valence-corrected chi connectivity index (χ0v) is 13.1. The van der Waals surface area contributed by atoms with Crippen molar-refractivity contribution in [3.63, 3.8) is 0 Å². The van der Waals surface area contributed by atoms with Crippen molar-refractivity contribution in [3.8, 4) is 0 Å². The smallest absolute Gasteiger partial charge is 0.233 e. The molecule has 4 heteroatoms. The Morgan fingerprint density at radius 3 is 1.77 bits per heavy atom. The van der Waals surface area contributed by atoms with Crippen molar-refractivity contribution in [2.45, 2.75) is 27.2 Å². The normalized spacial score (nSPS) is 10.1. The maximum absolute atomic E-state index is 11.9. The Kier molecular flexibility index (Phi) is 4.94. The van der Waals surface area contributed by atoms with Crippen LogP contribution >= 0.6 is 0 Å². The number of amides is 2. The minimum atomic E-state index is -0.328.